The topological polar surface area (TPSA) is 88.4 Å². The van der Waals surface area contributed by atoms with Gasteiger partial charge in [0, 0.05) is 34.9 Å². The zero-order chi connectivity index (χ0) is 20.0. The fourth-order valence-electron chi connectivity index (χ4n) is 4.26. The van der Waals surface area contributed by atoms with Gasteiger partial charge >= 0.3 is 0 Å². The van der Waals surface area contributed by atoms with Crippen LogP contribution < -0.4 is 5.73 Å². The van der Waals surface area contributed by atoms with Gasteiger partial charge in [-0.25, -0.2) is 0 Å². The minimum atomic E-state index is -0.431. The number of carbonyl (C=O) groups is 2. The van der Waals surface area contributed by atoms with Crippen LogP contribution in [0.25, 0.3) is 21.8 Å². The molecule has 3 aromatic rings. The number of nitrogens with one attached hydrogen (secondary N) is 1. The SMILES string of the molecule is NC(=O)c1cc(CCC2CC2)cc2c1[nH]c1cc(C(=O)N3CCOCC3)ccc12. The molecule has 2 aromatic carbocycles. The van der Waals surface area contributed by atoms with Gasteiger partial charge in [-0.2, -0.15) is 0 Å². The standard InChI is InChI=1S/C23H25N3O3/c24-22(27)19-12-15(4-3-14-1-2-14)11-18-17-6-5-16(13-20(17)25-21(18)19)23(28)26-7-9-29-10-8-26/h5-6,11-14,25H,1-4,7-10H2,(H2,24,27). The van der Waals surface area contributed by atoms with Gasteiger partial charge in [0.05, 0.1) is 24.3 Å². The number of aromatic amines is 1. The molecule has 2 amide bonds. The number of amides is 2. The summed E-state index contributed by atoms with van der Waals surface area (Å²) >= 11 is 0. The fourth-order valence-corrected chi connectivity index (χ4v) is 4.26. The van der Waals surface area contributed by atoms with E-state index in [1.54, 1.807) is 0 Å². The molecule has 0 radical (unpaired) electrons. The lowest BCUT2D eigenvalue weighted by molar-refractivity contribution is 0.0303. The normalized spacial score (nSPS) is 17.2. The Morgan fingerprint density at radius 1 is 1.10 bits per heavy atom. The van der Waals surface area contributed by atoms with Crippen molar-refractivity contribution in [3.05, 3.63) is 47.0 Å². The number of morpholine rings is 1. The van der Waals surface area contributed by atoms with E-state index in [1.807, 2.05) is 29.2 Å². The number of rotatable bonds is 5. The van der Waals surface area contributed by atoms with Crippen molar-refractivity contribution in [1.82, 2.24) is 9.88 Å². The van der Waals surface area contributed by atoms with E-state index in [-0.39, 0.29) is 5.91 Å². The molecule has 2 heterocycles. The molecule has 29 heavy (non-hydrogen) atoms. The van der Waals surface area contributed by atoms with Crippen molar-refractivity contribution in [2.24, 2.45) is 11.7 Å². The average Bonchev–Trinajstić information content (AvgIpc) is 3.50. The third-order valence-corrected chi connectivity index (χ3v) is 6.12. The third-order valence-electron chi connectivity index (χ3n) is 6.12. The number of aryl methyl sites for hydroxylation is 1. The molecule has 2 fully saturated rings. The van der Waals surface area contributed by atoms with E-state index in [4.69, 9.17) is 10.5 Å². The zero-order valence-corrected chi connectivity index (χ0v) is 16.4. The quantitative estimate of drug-likeness (QED) is 0.700. The number of hydrogen-bond acceptors (Lipinski definition) is 3. The smallest absolute Gasteiger partial charge is 0.254 e. The molecule has 0 bridgehead atoms. The molecule has 3 N–H and O–H groups in total. The summed E-state index contributed by atoms with van der Waals surface area (Å²) in [4.78, 5) is 30.1. The second-order valence-electron chi connectivity index (χ2n) is 8.20. The molecule has 0 atom stereocenters. The van der Waals surface area contributed by atoms with Crippen LogP contribution in [0.1, 0.15) is 45.5 Å². The van der Waals surface area contributed by atoms with Gasteiger partial charge in [0.1, 0.15) is 0 Å². The first-order valence-electron chi connectivity index (χ1n) is 10.4. The average molecular weight is 391 g/mol. The van der Waals surface area contributed by atoms with Crippen molar-refractivity contribution in [1.29, 1.82) is 0 Å². The van der Waals surface area contributed by atoms with Crippen LogP contribution in [0, 0.1) is 5.92 Å². The Morgan fingerprint density at radius 2 is 1.90 bits per heavy atom. The number of primary amides is 1. The summed E-state index contributed by atoms with van der Waals surface area (Å²) in [6.45, 7) is 2.37. The first-order valence-corrected chi connectivity index (χ1v) is 10.4. The van der Waals surface area contributed by atoms with Crippen molar-refractivity contribution in [2.45, 2.75) is 25.7 Å². The van der Waals surface area contributed by atoms with E-state index < -0.39 is 5.91 Å². The molecule has 0 spiro atoms. The van der Waals surface area contributed by atoms with Gasteiger partial charge in [0.2, 0.25) is 0 Å². The third kappa shape index (κ3) is 3.49. The Kier molecular flexibility index (Phi) is 4.51. The van der Waals surface area contributed by atoms with Crippen LogP contribution in [-0.2, 0) is 11.2 Å². The van der Waals surface area contributed by atoms with Crippen LogP contribution in [0.15, 0.2) is 30.3 Å². The number of fused-ring (bicyclic) bond motifs is 3. The molecule has 5 rings (SSSR count). The van der Waals surface area contributed by atoms with Crippen LogP contribution in [0.2, 0.25) is 0 Å². The fraction of sp³-hybridized carbons (Fsp3) is 0.391. The first-order chi connectivity index (χ1) is 14.1. The number of nitrogens with zero attached hydrogens (tertiary/aromatic N) is 1. The summed E-state index contributed by atoms with van der Waals surface area (Å²) in [6, 6.07) is 9.79. The highest BCUT2D eigenvalue weighted by atomic mass is 16.5. The second kappa shape index (κ2) is 7.19. The van der Waals surface area contributed by atoms with E-state index >= 15 is 0 Å². The predicted molar refractivity (Wildman–Crippen MR) is 112 cm³/mol. The minimum absolute atomic E-state index is 0.00843. The van der Waals surface area contributed by atoms with Crippen LogP contribution in [0.5, 0.6) is 0 Å². The maximum Gasteiger partial charge on any atom is 0.254 e. The number of carbonyl (C=O) groups excluding carboxylic acids is 2. The van der Waals surface area contributed by atoms with Gasteiger partial charge in [0.25, 0.3) is 11.8 Å². The molecule has 0 unspecified atom stereocenters. The predicted octanol–water partition coefficient (Wildman–Crippen LogP) is 3.24. The molecule has 1 aliphatic heterocycles. The van der Waals surface area contributed by atoms with E-state index in [9.17, 15) is 9.59 Å². The largest absolute Gasteiger partial charge is 0.378 e. The Balaban J connectivity index is 1.55. The molecule has 6 nitrogen and oxygen atoms in total. The molecule has 2 aliphatic rings. The number of aromatic nitrogens is 1. The van der Waals surface area contributed by atoms with Gasteiger partial charge in [-0.15, -0.1) is 0 Å². The van der Waals surface area contributed by atoms with Crippen LogP contribution in [-0.4, -0.2) is 48.0 Å². The van der Waals surface area contributed by atoms with E-state index in [1.165, 1.54) is 12.8 Å². The molecule has 1 saturated carbocycles. The van der Waals surface area contributed by atoms with E-state index in [0.717, 1.165) is 46.1 Å². The van der Waals surface area contributed by atoms with E-state index in [0.29, 0.717) is 37.4 Å². The lowest BCUT2D eigenvalue weighted by Gasteiger charge is -2.26. The number of H-pyrrole nitrogens is 1. The summed E-state index contributed by atoms with van der Waals surface area (Å²) < 4.78 is 5.34. The summed E-state index contributed by atoms with van der Waals surface area (Å²) in [7, 11) is 0. The minimum Gasteiger partial charge on any atom is -0.378 e. The Morgan fingerprint density at radius 3 is 2.62 bits per heavy atom. The lowest BCUT2D eigenvalue weighted by Crippen LogP contribution is -2.40. The zero-order valence-electron chi connectivity index (χ0n) is 16.4. The van der Waals surface area contributed by atoms with Crippen molar-refractivity contribution in [3.63, 3.8) is 0 Å². The van der Waals surface area contributed by atoms with Crippen molar-refractivity contribution < 1.29 is 14.3 Å². The van der Waals surface area contributed by atoms with Crippen LogP contribution >= 0.6 is 0 Å². The number of hydrogen-bond donors (Lipinski definition) is 2. The highest BCUT2D eigenvalue weighted by molar-refractivity contribution is 6.15. The monoisotopic (exact) mass is 391 g/mol. The molecular weight excluding hydrogens is 366 g/mol. The van der Waals surface area contributed by atoms with Gasteiger partial charge in [-0.05, 0) is 48.6 Å². The summed E-state index contributed by atoms with van der Waals surface area (Å²) in [5.74, 6) is 0.410. The summed E-state index contributed by atoms with van der Waals surface area (Å²) in [5.41, 5.74) is 9.58. The van der Waals surface area contributed by atoms with Gasteiger partial charge < -0.3 is 20.4 Å². The Bertz CT molecular complexity index is 1110. The second-order valence-corrected chi connectivity index (χ2v) is 8.20. The molecule has 1 saturated heterocycles. The maximum atomic E-state index is 12.8. The van der Waals surface area contributed by atoms with Crippen LogP contribution in [0.3, 0.4) is 0 Å². The molecule has 6 heteroatoms. The summed E-state index contributed by atoms with van der Waals surface area (Å²) in [5, 5.41) is 2.00. The van der Waals surface area contributed by atoms with Gasteiger partial charge in [0.15, 0.2) is 0 Å². The van der Waals surface area contributed by atoms with Crippen molar-refractivity contribution >= 4 is 33.6 Å². The van der Waals surface area contributed by atoms with E-state index in [2.05, 4.69) is 11.1 Å². The van der Waals surface area contributed by atoms with Crippen molar-refractivity contribution in [2.75, 3.05) is 26.3 Å². The highest BCUT2D eigenvalue weighted by Crippen LogP contribution is 2.35. The Labute approximate surface area is 169 Å². The molecule has 150 valence electrons. The number of benzene rings is 2. The summed E-state index contributed by atoms with van der Waals surface area (Å²) in [6.07, 6.45) is 4.75. The number of nitrogens with two attached hydrogens (primary N) is 1. The van der Waals surface area contributed by atoms with Gasteiger partial charge in [-0.1, -0.05) is 18.9 Å². The molecule has 1 aromatic heterocycles. The molecular formula is C23H25N3O3. The highest BCUT2D eigenvalue weighted by Gasteiger charge is 2.22. The molecule has 1 aliphatic carbocycles. The van der Waals surface area contributed by atoms with Gasteiger partial charge in [-0.3, -0.25) is 9.59 Å². The Hall–Kier alpha value is -2.86. The van der Waals surface area contributed by atoms with Crippen LogP contribution in [0.4, 0.5) is 0 Å². The van der Waals surface area contributed by atoms with Crippen molar-refractivity contribution in [3.8, 4) is 0 Å². The maximum absolute atomic E-state index is 12.8. The number of ether oxygens (including phenoxy) is 1. The lowest BCUT2D eigenvalue weighted by atomic mass is 9.99. The first kappa shape index (κ1) is 18.2.